The van der Waals surface area contributed by atoms with Crippen molar-refractivity contribution in [3.8, 4) is 0 Å². The molecule has 0 amide bonds. The van der Waals surface area contributed by atoms with Crippen LogP contribution in [0.25, 0.3) is 11.0 Å². The highest BCUT2D eigenvalue weighted by Crippen LogP contribution is 2.16. The Hall–Kier alpha value is -1.95. The molecule has 2 aromatic rings. The topological polar surface area (TPSA) is 71.2 Å². The number of benzene rings is 1. The number of para-hydroxylation sites is 1. The third-order valence-corrected chi connectivity index (χ3v) is 3.38. The number of carbonyl (C=O) groups is 1. The van der Waals surface area contributed by atoms with Gasteiger partial charge in [-0.05, 0) is 31.6 Å². The smallest absolute Gasteiger partial charge is 0.337 e. The molecule has 0 aliphatic rings. The zero-order valence-electron chi connectivity index (χ0n) is 11.9. The summed E-state index contributed by atoms with van der Waals surface area (Å²) in [4.78, 5) is 13.6. The maximum absolute atomic E-state index is 11.3. The number of rotatable bonds is 7. The van der Waals surface area contributed by atoms with Gasteiger partial charge in [0.1, 0.15) is 11.0 Å². The molecule has 108 valence electrons. The van der Waals surface area contributed by atoms with Crippen LogP contribution in [-0.2, 0) is 6.54 Å². The van der Waals surface area contributed by atoms with Crippen LogP contribution in [0.4, 0.5) is 0 Å². The molecule has 0 radical (unpaired) electrons. The number of nitrogens with zero attached hydrogens (tertiary/aromatic N) is 4. The summed E-state index contributed by atoms with van der Waals surface area (Å²) in [6.45, 7) is 7.78. The molecule has 1 heterocycles. The molecule has 0 unspecified atom stereocenters. The van der Waals surface area contributed by atoms with Crippen LogP contribution < -0.4 is 0 Å². The van der Waals surface area contributed by atoms with Gasteiger partial charge in [-0.1, -0.05) is 25.1 Å². The average molecular weight is 276 g/mol. The van der Waals surface area contributed by atoms with Crippen molar-refractivity contribution in [2.45, 2.75) is 26.8 Å². The van der Waals surface area contributed by atoms with E-state index in [1.165, 1.54) is 0 Å². The van der Waals surface area contributed by atoms with E-state index in [4.69, 9.17) is 0 Å². The number of carboxylic acid groups (broad SMARTS) is 1. The fourth-order valence-corrected chi connectivity index (χ4v) is 2.34. The minimum Gasteiger partial charge on any atom is -0.478 e. The lowest BCUT2D eigenvalue weighted by molar-refractivity contribution is 0.0698. The molecule has 0 aliphatic heterocycles. The summed E-state index contributed by atoms with van der Waals surface area (Å²) in [6, 6.07) is 5.07. The van der Waals surface area contributed by atoms with Gasteiger partial charge in [-0.15, -0.1) is 5.10 Å². The van der Waals surface area contributed by atoms with Crippen LogP contribution in [0.3, 0.4) is 0 Å². The Morgan fingerprint density at radius 2 is 2.15 bits per heavy atom. The van der Waals surface area contributed by atoms with Crippen molar-refractivity contribution in [2.24, 2.45) is 0 Å². The zero-order chi connectivity index (χ0) is 14.5. The van der Waals surface area contributed by atoms with Gasteiger partial charge in [0.2, 0.25) is 0 Å². The molecule has 0 spiro atoms. The lowest BCUT2D eigenvalue weighted by Gasteiger charge is -2.19. The second kappa shape index (κ2) is 6.47. The Morgan fingerprint density at radius 3 is 2.80 bits per heavy atom. The third-order valence-electron chi connectivity index (χ3n) is 3.38. The van der Waals surface area contributed by atoms with Gasteiger partial charge in [-0.25, -0.2) is 9.48 Å². The molecule has 0 atom stereocenters. The van der Waals surface area contributed by atoms with E-state index in [-0.39, 0.29) is 5.56 Å². The fourth-order valence-electron chi connectivity index (χ4n) is 2.34. The molecule has 0 fully saturated rings. The molecule has 1 aromatic heterocycles. The number of carboxylic acids is 1. The molecular weight excluding hydrogens is 256 g/mol. The number of aromatic nitrogens is 3. The van der Waals surface area contributed by atoms with E-state index in [1.807, 2.05) is 0 Å². The summed E-state index contributed by atoms with van der Waals surface area (Å²) in [6.07, 6.45) is 1.10. The van der Waals surface area contributed by atoms with Crippen LogP contribution in [0.5, 0.6) is 0 Å². The Kier molecular flexibility index (Phi) is 4.68. The lowest BCUT2D eigenvalue weighted by Crippen LogP contribution is -2.28. The van der Waals surface area contributed by atoms with Crippen molar-refractivity contribution >= 4 is 17.0 Å². The number of fused-ring (bicyclic) bond motifs is 1. The molecule has 1 N–H and O–H groups in total. The molecule has 0 saturated carbocycles. The maximum Gasteiger partial charge on any atom is 0.337 e. The van der Waals surface area contributed by atoms with Gasteiger partial charge >= 0.3 is 5.97 Å². The van der Waals surface area contributed by atoms with Crippen molar-refractivity contribution in [3.05, 3.63) is 23.8 Å². The molecule has 0 saturated heterocycles. The molecule has 0 bridgehead atoms. The van der Waals surface area contributed by atoms with Crippen molar-refractivity contribution in [3.63, 3.8) is 0 Å². The summed E-state index contributed by atoms with van der Waals surface area (Å²) in [5.41, 5.74) is 1.49. The van der Waals surface area contributed by atoms with Crippen molar-refractivity contribution in [2.75, 3.05) is 19.6 Å². The minimum atomic E-state index is -0.944. The molecule has 2 rings (SSSR count). The summed E-state index contributed by atoms with van der Waals surface area (Å²) in [7, 11) is 0. The SMILES string of the molecule is CCCN(CC)CCn1nnc2cccc(C(=O)O)c21. The van der Waals surface area contributed by atoms with Crippen molar-refractivity contribution in [1.82, 2.24) is 19.9 Å². The van der Waals surface area contributed by atoms with Gasteiger partial charge in [0, 0.05) is 6.54 Å². The summed E-state index contributed by atoms with van der Waals surface area (Å²) in [5.74, 6) is -0.944. The number of hydrogen-bond donors (Lipinski definition) is 1. The minimum absolute atomic E-state index is 0.256. The second-order valence-corrected chi connectivity index (χ2v) is 4.73. The lowest BCUT2D eigenvalue weighted by atomic mass is 10.2. The zero-order valence-corrected chi connectivity index (χ0v) is 11.9. The van der Waals surface area contributed by atoms with Crippen LogP contribution >= 0.6 is 0 Å². The highest BCUT2D eigenvalue weighted by atomic mass is 16.4. The van der Waals surface area contributed by atoms with Gasteiger partial charge < -0.3 is 10.0 Å². The Bertz CT molecular complexity index is 594. The first kappa shape index (κ1) is 14.5. The monoisotopic (exact) mass is 276 g/mol. The van der Waals surface area contributed by atoms with Crippen LogP contribution in [-0.4, -0.2) is 50.6 Å². The van der Waals surface area contributed by atoms with E-state index in [1.54, 1.807) is 22.9 Å². The van der Waals surface area contributed by atoms with E-state index in [0.717, 1.165) is 26.1 Å². The van der Waals surface area contributed by atoms with Crippen LogP contribution in [0.1, 0.15) is 30.6 Å². The van der Waals surface area contributed by atoms with E-state index in [2.05, 4.69) is 29.1 Å². The van der Waals surface area contributed by atoms with E-state index < -0.39 is 5.97 Å². The first-order chi connectivity index (χ1) is 9.67. The normalized spacial score (nSPS) is 11.3. The van der Waals surface area contributed by atoms with Gasteiger partial charge in [0.25, 0.3) is 0 Å². The Balaban J connectivity index is 2.24. The molecule has 0 aliphatic carbocycles. The molecule has 1 aromatic carbocycles. The standard InChI is InChI=1S/C14H20N4O2/c1-3-8-17(4-2)9-10-18-13-11(14(19)20)6-5-7-12(13)15-16-18/h5-7H,3-4,8-10H2,1-2H3,(H,19,20). The van der Waals surface area contributed by atoms with Crippen LogP contribution in [0, 0.1) is 0 Å². The molecular formula is C14H20N4O2. The highest BCUT2D eigenvalue weighted by Gasteiger charge is 2.14. The van der Waals surface area contributed by atoms with E-state index in [0.29, 0.717) is 17.6 Å². The Morgan fingerprint density at radius 1 is 1.35 bits per heavy atom. The number of likely N-dealkylation sites (N-methyl/N-ethyl adjacent to an activating group) is 1. The van der Waals surface area contributed by atoms with E-state index >= 15 is 0 Å². The quantitative estimate of drug-likeness (QED) is 0.835. The maximum atomic E-state index is 11.3. The summed E-state index contributed by atoms with van der Waals surface area (Å²) < 4.78 is 1.69. The van der Waals surface area contributed by atoms with E-state index in [9.17, 15) is 9.90 Å². The van der Waals surface area contributed by atoms with Gasteiger partial charge in [-0.3, -0.25) is 0 Å². The average Bonchev–Trinajstić information content (AvgIpc) is 2.86. The van der Waals surface area contributed by atoms with Crippen LogP contribution in [0.2, 0.25) is 0 Å². The van der Waals surface area contributed by atoms with Gasteiger partial charge in [0.05, 0.1) is 12.1 Å². The summed E-state index contributed by atoms with van der Waals surface area (Å²) in [5, 5.41) is 17.4. The molecule has 6 heteroatoms. The number of hydrogen-bond acceptors (Lipinski definition) is 4. The predicted octanol–water partition coefficient (Wildman–Crippen LogP) is 1.86. The second-order valence-electron chi connectivity index (χ2n) is 4.73. The third kappa shape index (κ3) is 2.96. The fraction of sp³-hybridized carbons (Fsp3) is 0.500. The van der Waals surface area contributed by atoms with Gasteiger partial charge in [-0.2, -0.15) is 0 Å². The first-order valence-corrected chi connectivity index (χ1v) is 6.95. The molecule has 20 heavy (non-hydrogen) atoms. The summed E-state index contributed by atoms with van der Waals surface area (Å²) >= 11 is 0. The first-order valence-electron chi connectivity index (χ1n) is 6.95. The van der Waals surface area contributed by atoms with Crippen molar-refractivity contribution in [1.29, 1.82) is 0 Å². The Labute approximate surface area is 118 Å². The highest BCUT2D eigenvalue weighted by molar-refractivity contribution is 6.00. The largest absolute Gasteiger partial charge is 0.478 e. The van der Waals surface area contributed by atoms with Gasteiger partial charge in [0.15, 0.2) is 0 Å². The molecule has 6 nitrogen and oxygen atoms in total. The van der Waals surface area contributed by atoms with Crippen molar-refractivity contribution < 1.29 is 9.90 Å². The predicted molar refractivity (Wildman–Crippen MR) is 76.9 cm³/mol. The number of aromatic carboxylic acids is 1. The van der Waals surface area contributed by atoms with Crippen LogP contribution in [0.15, 0.2) is 18.2 Å².